The topological polar surface area (TPSA) is 76.5 Å². The first kappa shape index (κ1) is 25.3. The van der Waals surface area contributed by atoms with E-state index in [0.29, 0.717) is 24.4 Å². The van der Waals surface area contributed by atoms with Gasteiger partial charge in [0.1, 0.15) is 11.6 Å². The third-order valence-corrected chi connectivity index (χ3v) is 6.56. The number of benzene rings is 3. The number of hydrogen-bond donors (Lipinski definition) is 1. The molecule has 2 amide bonds. The lowest BCUT2D eigenvalue weighted by Crippen LogP contribution is -2.32. The van der Waals surface area contributed by atoms with Crippen molar-refractivity contribution in [1.29, 1.82) is 0 Å². The number of aromatic nitrogens is 2. The van der Waals surface area contributed by atoms with E-state index in [-0.39, 0.29) is 35.3 Å². The molecule has 0 unspecified atom stereocenters. The maximum Gasteiger partial charge on any atom is 0.573 e. The van der Waals surface area contributed by atoms with Crippen molar-refractivity contribution >= 4 is 28.4 Å². The normalized spacial score (nSPS) is 13.2. The number of nitrogens with one attached hydrogen (secondary N) is 1. The lowest BCUT2D eigenvalue weighted by atomic mass is 10.0. The number of anilines is 1. The minimum absolute atomic E-state index is 0.165. The Labute approximate surface area is 216 Å². The van der Waals surface area contributed by atoms with Crippen LogP contribution in [0.4, 0.5) is 19.0 Å². The van der Waals surface area contributed by atoms with E-state index in [4.69, 9.17) is 0 Å². The number of nitrogens with zero attached hydrogens (tertiary/aromatic N) is 3. The summed E-state index contributed by atoms with van der Waals surface area (Å²) in [5.41, 5.74) is 0.837. The van der Waals surface area contributed by atoms with Crippen LogP contribution in [0.2, 0.25) is 0 Å². The van der Waals surface area contributed by atoms with Crippen LogP contribution in [-0.2, 0) is 19.5 Å². The van der Waals surface area contributed by atoms with Gasteiger partial charge in [0.15, 0.2) is 11.5 Å². The molecule has 196 valence electrons. The third-order valence-electron chi connectivity index (χ3n) is 6.56. The number of alkyl halides is 3. The molecule has 0 fully saturated rings. The Balaban J connectivity index is 1.46. The fraction of sp³-hybridized carbons (Fsp3) is 0.250. The fourth-order valence-electron chi connectivity index (χ4n) is 4.75. The maximum absolute atomic E-state index is 13.6. The molecule has 5 rings (SSSR count). The summed E-state index contributed by atoms with van der Waals surface area (Å²) in [5, 5.41) is 4.39. The Morgan fingerprint density at radius 3 is 2.58 bits per heavy atom. The Bertz CT molecular complexity index is 1510. The molecule has 0 spiro atoms. The number of imidazole rings is 1. The summed E-state index contributed by atoms with van der Waals surface area (Å²) in [6.45, 7) is 0.348. The molecule has 0 bridgehead atoms. The first-order valence-corrected chi connectivity index (χ1v) is 12.2. The van der Waals surface area contributed by atoms with Gasteiger partial charge in [0, 0.05) is 37.7 Å². The molecule has 3 aromatic carbocycles. The van der Waals surface area contributed by atoms with Crippen molar-refractivity contribution in [1.82, 2.24) is 14.9 Å². The van der Waals surface area contributed by atoms with Gasteiger partial charge in [-0.1, -0.05) is 54.6 Å². The van der Waals surface area contributed by atoms with E-state index >= 15 is 0 Å². The molecule has 10 heteroatoms. The summed E-state index contributed by atoms with van der Waals surface area (Å²) in [7, 11) is 1.57. The molecule has 2 heterocycles. The van der Waals surface area contributed by atoms with Crippen LogP contribution in [0.15, 0.2) is 66.7 Å². The predicted molar refractivity (Wildman–Crippen MR) is 136 cm³/mol. The average molecular weight is 523 g/mol. The Morgan fingerprint density at radius 1 is 1.03 bits per heavy atom. The molecule has 0 saturated carbocycles. The highest BCUT2D eigenvalue weighted by molar-refractivity contribution is 6.15. The fourth-order valence-corrected chi connectivity index (χ4v) is 4.75. The van der Waals surface area contributed by atoms with E-state index in [2.05, 4.69) is 15.0 Å². The number of fused-ring (bicyclic) bond motifs is 2. The van der Waals surface area contributed by atoms with E-state index in [9.17, 15) is 22.8 Å². The van der Waals surface area contributed by atoms with Gasteiger partial charge in [-0.15, -0.1) is 13.2 Å². The number of para-hydroxylation sites is 1. The number of amides is 2. The van der Waals surface area contributed by atoms with Gasteiger partial charge in [-0.3, -0.25) is 14.5 Å². The number of carbonyl (C=O) groups is 2. The summed E-state index contributed by atoms with van der Waals surface area (Å²) in [5.74, 6) is -0.360. The van der Waals surface area contributed by atoms with E-state index in [1.807, 2.05) is 30.3 Å². The average Bonchev–Trinajstić information content (AvgIpc) is 3.30. The number of hydrogen-bond acceptors (Lipinski definition) is 4. The first-order valence-electron chi connectivity index (χ1n) is 12.2. The van der Waals surface area contributed by atoms with Crippen LogP contribution in [0.5, 0.6) is 5.75 Å². The Hall–Kier alpha value is -4.34. The zero-order valence-electron chi connectivity index (χ0n) is 20.6. The summed E-state index contributed by atoms with van der Waals surface area (Å²) in [6, 6.07) is 18.6. The smallest absolute Gasteiger partial charge is 0.405 e. The van der Waals surface area contributed by atoms with Crippen molar-refractivity contribution in [2.45, 2.75) is 38.7 Å². The van der Waals surface area contributed by atoms with E-state index < -0.39 is 12.3 Å². The molecule has 4 aromatic rings. The van der Waals surface area contributed by atoms with Gasteiger partial charge >= 0.3 is 6.36 Å². The van der Waals surface area contributed by atoms with E-state index in [1.165, 1.54) is 23.1 Å². The van der Waals surface area contributed by atoms with Crippen LogP contribution in [0.3, 0.4) is 0 Å². The number of halogens is 3. The molecule has 7 nitrogen and oxygen atoms in total. The van der Waals surface area contributed by atoms with Gasteiger partial charge in [-0.2, -0.15) is 0 Å². The highest BCUT2D eigenvalue weighted by Gasteiger charge is 2.33. The van der Waals surface area contributed by atoms with Gasteiger partial charge in [0.25, 0.3) is 11.8 Å². The second-order valence-electron chi connectivity index (χ2n) is 9.04. The second kappa shape index (κ2) is 10.2. The monoisotopic (exact) mass is 522 g/mol. The third kappa shape index (κ3) is 5.06. The van der Waals surface area contributed by atoms with Crippen LogP contribution in [0.1, 0.15) is 45.1 Å². The maximum atomic E-state index is 13.6. The van der Waals surface area contributed by atoms with Crippen molar-refractivity contribution in [3.05, 3.63) is 89.4 Å². The lowest BCUT2D eigenvalue weighted by molar-refractivity contribution is -0.274. The van der Waals surface area contributed by atoms with Gasteiger partial charge in [-0.05, 0) is 35.7 Å². The summed E-state index contributed by atoms with van der Waals surface area (Å²) < 4.78 is 44.4. The number of carbonyl (C=O) groups excluding carboxylic acids is 2. The van der Waals surface area contributed by atoms with E-state index in [1.54, 1.807) is 29.8 Å². The minimum Gasteiger partial charge on any atom is -0.405 e. The lowest BCUT2D eigenvalue weighted by Gasteiger charge is -2.20. The van der Waals surface area contributed by atoms with Crippen LogP contribution < -0.4 is 15.0 Å². The van der Waals surface area contributed by atoms with E-state index in [0.717, 1.165) is 23.6 Å². The molecular weight excluding hydrogens is 497 g/mol. The van der Waals surface area contributed by atoms with Crippen molar-refractivity contribution in [2.24, 2.45) is 0 Å². The molecule has 0 radical (unpaired) electrons. The second-order valence-corrected chi connectivity index (χ2v) is 9.04. The summed E-state index contributed by atoms with van der Waals surface area (Å²) >= 11 is 0. The minimum atomic E-state index is -4.86. The number of ether oxygens (including phenoxy) is 1. The Kier molecular flexibility index (Phi) is 6.79. The van der Waals surface area contributed by atoms with Crippen molar-refractivity contribution in [2.75, 3.05) is 11.9 Å². The molecule has 1 aliphatic rings. The Morgan fingerprint density at radius 2 is 1.76 bits per heavy atom. The van der Waals surface area contributed by atoms with Crippen molar-refractivity contribution < 1.29 is 27.5 Å². The molecule has 1 aliphatic heterocycles. The highest BCUT2D eigenvalue weighted by atomic mass is 19.4. The van der Waals surface area contributed by atoms with Gasteiger partial charge in [0.2, 0.25) is 0 Å². The molecular formula is C28H25F3N4O3. The largest absolute Gasteiger partial charge is 0.573 e. The van der Waals surface area contributed by atoms with Crippen LogP contribution in [0, 0.1) is 0 Å². The number of rotatable bonds is 6. The molecule has 0 aliphatic carbocycles. The molecule has 1 N–H and O–H groups in total. The molecule has 38 heavy (non-hydrogen) atoms. The van der Waals surface area contributed by atoms with Crippen LogP contribution in [-0.4, -0.2) is 34.8 Å². The van der Waals surface area contributed by atoms with Crippen LogP contribution >= 0.6 is 0 Å². The molecule has 1 aromatic heterocycles. The molecule has 0 saturated heterocycles. The highest BCUT2D eigenvalue weighted by Crippen LogP contribution is 2.29. The zero-order chi connectivity index (χ0) is 26.9. The SMILES string of the molecule is CN(C(=O)c1cccc2ccccc12)c1nc2n(c1C(=O)NCc1ccccc1OC(F)(F)F)CCCC2. The van der Waals surface area contributed by atoms with Gasteiger partial charge in [-0.25, -0.2) is 4.98 Å². The predicted octanol–water partition coefficient (Wildman–Crippen LogP) is 5.48. The zero-order valence-corrected chi connectivity index (χ0v) is 20.6. The van der Waals surface area contributed by atoms with Crippen molar-refractivity contribution in [3.63, 3.8) is 0 Å². The van der Waals surface area contributed by atoms with Gasteiger partial charge in [0.05, 0.1) is 0 Å². The van der Waals surface area contributed by atoms with Crippen molar-refractivity contribution in [3.8, 4) is 5.75 Å². The van der Waals surface area contributed by atoms with Gasteiger partial charge < -0.3 is 14.6 Å². The summed E-state index contributed by atoms with van der Waals surface area (Å²) in [6.07, 6.45) is -2.46. The number of aryl methyl sites for hydroxylation is 1. The standard InChI is InChI=1S/C28H25F3N4O3/c1-34(27(37)21-13-8-11-18-9-2-4-12-20(18)21)25-24(35-16-7-6-15-23(35)33-25)26(36)32-17-19-10-3-5-14-22(19)38-28(29,30)31/h2-5,8-14H,6-7,15-17H2,1H3,(H,32,36). The summed E-state index contributed by atoms with van der Waals surface area (Å²) in [4.78, 5) is 33.1. The quantitative estimate of drug-likeness (QED) is 0.364. The molecule has 0 atom stereocenters. The van der Waals surface area contributed by atoms with Crippen LogP contribution in [0.25, 0.3) is 10.8 Å². The first-order chi connectivity index (χ1) is 18.2.